The van der Waals surface area contributed by atoms with Gasteiger partial charge in [-0.25, -0.2) is 0 Å². The fraction of sp³-hybridized carbons (Fsp3) is 0.850. The van der Waals surface area contributed by atoms with Crippen molar-refractivity contribution in [3.63, 3.8) is 0 Å². The first kappa shape index (κ1) is 16.7. The largest absolute Gasteiger partial charge is 0.392 e. The zero-order valence-corrected chi connectivity index (χ0v) is 15.3. The van der Waals surface area contributed by atoms with E-state index in [0.29, 0.717) is 19.3 Å². The minimum atomic E-state index is -1.21. The number of epoxide rings is 1. The van der Waals surface area contributed by atoms with Crippen molar-refractivity contribution in [1.29, 1.82) is 0 Å². The molecule has 6 atom stereocenters. The first-order chi connectivity index (χ1) is 11.0. The Labute approximate surface area is 144 Å². The predicted octanol–water partition coefficient (Wildman–Crippen LogP) is 2.76. The van der Waals surface area contributed by atoms with E-state index in [2.05, 4.69) is 27.4 Å². The summed E-state index contributed by atoms with van der Waals surface area (Å²) in [5.74, 6) is 0.336. The number of hydrogen-bond donors (Lipinski definition) is 2. The molecular weight excluding hydrogens is 304 g/mol. The van der Waals surface area contributed by atoms with Gasteiger partial charge in [-0.3, -0.25) is 4.79 Å². The maximum absolute atomic E-state index is 13.5. The molecule has 1 aliphatic heterocycles. The van der Waals surface area contributed by atoms with Crippen LogP contribution in [0.4, 0.5) is 0 Å². The van der Waals surface area contributed by atoms with E-state index >= 15 is 0 Å². The third-order valence-electron chi connectivity index (χ3n) is 8.27. The minimum Gasteiger partial charge on any atom is -0.392 e. The molecule has 1 saturated heterocycles. The summed E-state index contributed by atoms with van der Waals surface area (Å²) in [5.41, 5.74) is -2.89. The lowest BCUT2D eigenvalue weighted by atomic mass is 9.56. The average Bonchev–Trinajstić information content (AvgIpc) is 3.15. The quantitative estimate of drug-likeness (QED) is 0.571. The van der Waals surface area contributed by atoms with Crippen molar-refractivity contribution < 1.29 is 19.7 Å². The Hall–Kier alpha value is -0.710. The second-order valence-corrected chi connectivity index (χ2v) is 9.60. The summed E-state index contributed by atoms with van der Waals surface area (Å²) in [6.45, 7) is 12.3. The van der Waals surface area contributed by atoms with Gasteiger partial charge in [-0.05, 0) is 43.6 Å². The van der Waals surface area contributed by atoms with Crippen LogP contribution in [0.15, 0.2) is 12.2 Å². The number of hydrogen-bond acceptors (Lipinski definition) is 4. The van der Waals surface area contributed by atoms with Crippen LogP contribution in [-0.2, 0) is 9.53 Å². The summed E-state index contributed by atoms with van der Waals surface area (Å²) in [4.78, 5) is 13.5. The third kappa shape index (κ3) is 1.47. The normalized spacial score (nSPS) is 56.5. The summed E-state index contributed by atoms with van der Waals surface area (Å²) in [5, 5.41) is 22.4. The Kier molecular flexibility index (Phi) is 3.02. The highest BCUT2D eigenvalue weighted by molar-refractivity contribution is 5.95. The summed E-state index contributed by atoms with van der Waals surface area (Å²) in [6.07, 6.45) is 2.84. The van der Waals surface area contributed by atoms with Gasteiger partial charge in [0.05, 0.1) is 11.7 Å². The predicted molar refractivity (Wildman–Crippen MR) is 90.4 cm³/mol. The maximum Gasteiger partial charge on any atom is 0.169 e. The van der Waals surface area contributed by atoms with Crippen LogP contribution < -0.4 is 0 Å². The molecular formula is C20H30O4. The number of Topliss-reactive ketones (excluding diaryl/α,β-unsaturated/α-hetero) is 1. The van der Waals surface area contributed by atoms with E-state index in [-0.39, 0.29) is 23.7 Å². The monoisotopic (exact) mass is 334 g/mol. The number of carbonyl (C=O) groups is 1. The number of ketones is 1. The van der Waals surface area contributed by atoms with Crippen LogP contribution >= 0.6 is 0 Å². The van der Waals surface area contributed by atoms with Gasteiger partial charge in [-0.1, -0.05) is 34.3 Å². The molecule has 4 heteroatoms. The van der Waals surface area contributed by atoms with Crippen LogP contribution in [0, 0.1) is 16.7 Å². The van der Waals surface area contributed by atoms with Crippen LogP contribution in [0.2, 0.25) is 0 Å². The Balaban J connectivity index is 1.88. The van der Waals surface area contributed by atoms with Gasteiger partial charge in [0.25, 0.3) is 0 Å². The molecule has 3 saturated carbocycles. The van der Waals surface area contributed by atoms with E-state index in [9.17, 15) is 15.0 Å². The molecule has 2 N–H and O–H groups in total. The van der Waals surface area contributed by atoms with E-state index in [1.165, 1.54) is 0 Å². The number of aliphatic hydroxyl groups is 2. The second kappa shape index (κ2) is 4.33. The molecule has 4 fully saturated rings. The standard InChI is InChI=1S/C20H30O4/c1-12(2)19-9-8-16(4)11-18(23)13(3)6-7-14(21)17(18,5)10-15(22)20(16,19)24-19/h12,14,21,23H,3,6-11H2,1-2,4-5H3/t14-,16-,17-,18+,19+,20+/m1/s1. The maximum atomic E-state index is 13.5. The molecule has 24 heavy (non-hydrogen) atoms. The summed E-state index contributed by atoms with van der Waals surface area (Å²) in [6, 6.07) is 0. The Bertz CT molecular complexity index is 642. The summed E-state index contributed by atoms with van der Waals surface area (Å²) < 4.78 is 6.28. The number of rotatable bonds is 1. The number of ether oxygens (including phenoxy) is 1. The lowest BCUT2D eigenvalue weighted by Crippen LogP contribution is -2.58. The molecule has 4 nitrogen and oxygen atoms in total. The fourth-order valence-corrected chi connectivity index (χ4v) is 6.53. The Morgan fingerprint density at radius 2 is 1.96 bits per heavy atom. The van der Waals surface area contributed by atoms with Crippen molar-refractivity contribution >= 4 is 5.78 Å². The average molecular weight is 334 g/mol. The minimum absolute atomic E-state index is 0.0726. The van der Waals surface area contributed by atoms with E-state index in [1.807, 2.05) is 6.92 Å². The third-order valence-corrected chi connectivity index (χ3v) is 8.27. The molecule has 3 aliphatic carbocycles. The van der Waals surface area contributed by atoms with Crippen molar-refractivity contribution in [3.8, 4) is 0 Å². The highest BCUT2D eigenvalue weighted by atomic mass is 16.6. The number of carbonyl (C=O) groups excluding carboxylic acids is 1. The molecule has 4 aliphatic rings. The molecule has 0 aromatic heterocycles. The lowest BCUT2D eigenvalue weighted by molar-refractivity contribution is -0.151. The highest BCUT2D eigenvalue weighted by Crippen LogP contribution is 2.76. The van der Waals surface area contributed by atoms with Crippen LogP contribution in [0.25, 0.3) is 0 Å². The van der Waals surface area contributed by atoms with Gasteiger partial charge in [0.2, 0.25) is 0 Å². The summed E-state index contributed by atoms with van der Waals surface area (Å²) >= 11 is 0. The smallest absolute Gasteiger partial charge is 0.169 e. The van der Waals surface area contributed by atoms with Crippen LogP contribution in [-0.4, -0.2) is 38.9 Å². The Morgan fingerprint density at radius 1 is 1.29 bits per heavy atom. The summed E-state index contributed by atoms with van der Waals surface area (Å²) in [7, 11) is 0. The molecule has 0 bridgehead atoms. The van der Waals surface area contributed by atoms with E-state index in [1.54, 1.807) is 0 Å². The molecule has 134 valence electrons. The Morgan fingerprint density at radius 3 is 2.54 bits per heavy atom. The van der Waals surface area contributed by atoms with Gasteiger partial charge in [-0.2, -0.15) is 0 Å². The first-order valence-corrected chi connectivity index (χ1v) is 9.31. The lowest BCUT2D eigenvalue weighted by Gasteiger charge is -2.53. The topological polar surface area (TPSA) is 70.1 Å². The zero-order chi connectivity index (χ0) is 17.8. The molecule has 0 aromatic carbocycles. The number of fused-ring (bicyclic) bond motifs is 1. The molecule has 1 heterocycles. The van der Waals surface area contributed by atoms with Gasteiger partial charge >= 0.3 is 0 Å². The van der Waals surface area contributed by atoms with Crippen molar-refractivity contribution in [3.05, 3.63) is 12.2 Å². The van der Waals surface area contributed by atoms with Gasteiger partial charge in [0.1, 0.15) is 5.60 Å². The van der Waals surface area contributed by atoms with E-state index in [0.717, 1.165) is 18.4 Å². The van der Waals surface area contributed by atoms with Crippen molar-refractivity contribution in [2.75, 3.05) is 0 Å². The second-order valence-electron chi connectivity index (χ2n) is 9.60. The van der Waals surface area contributed by atoms with Crippen LogP contribution in [0.3, 0.4) is 0 Å². The van der Waals surface area contributed by atoms with Crippen molar-refractivity contribution in [1.82, 2.24) is 0 Å². The molecule has 0 amide bonds. The van der Waals surface area contributed by atoms with Crippen molar-refractivity contribution in [2.24, 2.45) is 16.7 Å². The molecule has 4 rings (SSSR count). The van der Waals surface area contributed by atoms with Crippen LogP contribution in [0.5, 0.6) is 0 Å². The van der Waals surface area contributed by atoms with Gasteiger partial charge in [0, 0.05) is 17.3 Å². The zero-order valence-electron chi connectivity index (χ0n) is 15.3. The highest BCUT2D eigenvalue weighted by Gasteiger charge is 2.87. The molecule has 0 aromatic rings. The van der Waals surface area contributed by atoms with Gasteiger partial charge < -0.3 is 14.9 Å². The van der Waals surface area contributed by atoms with E-state index in [4.69, 9.17) is 4.74 Å². The fourth-order valence-electron chi connectivity index (χ4n) is 6.53. The SMILES string of the molecule is C=C1CC[C@@H](O)[C@@]2(C)CC(=O)[C@@]34O[C@]3(C(C)C)CC[C@]4(C)C[C@]12O. The molecule has 0 radical (unpaired) electrons. The van der Waals surface area contributed by atoms with Crippen molar-refractivity contribution in [2.45, 2.75) is 89.1 Å². The number of aliphatic hydroxyl groups excluding tert-OH is 1. The molecule has 1 spiro atoms. The first-order valence-electron chi connectivity index (χ1n) is 9.31. The van der Waals surface area contributed by atoms with Crippen LogP contribution in [0.1, 0.15) is 66.2 Å². The van der Waals surface area contributed by atoms with Gasteiger partial charge in [0.15, 0.2) is 11.4 Å². The van der Waals surface area contributed by atoms with E-state index < -0.39 is 28.1 Å². The molecule has 0 unspecified atom stereocenters. The van der Waals surface area contributed by atoms with Gasteiger partial charge in [-0.15, -0.1) is 0 Å².